The number of imidazole rings is 1. The number of aromatic nitrogens is 3. The molecule has 1 saturated heterocycles. The van der Waals surface area contributed by atoms with Crippen LogP contribution < -0.4 is 0 Å². The van der Waals surface area contributed by atoms with Gasteiger partial charge in [0.15, 0.2) is 0 Å². The molecule has 1 atom stereocenters. The zero-order valence-corrected chi connectivity index (χ0v) is 13.1. The van der Waals surface area contributed by atoms with Crippen molar-refractivity contribution < 1.29 is 4.79 Å². The number of carbonyl (C=O) groups is 1. The summed E-state index contributed by atoms with van der Waals surface area (Å²) >= 11 is 1.64. The van der Waals surface area contributed by atoms with Gasteiger partial charge in [0.05, 0.1) is 29.5 Å². The number of aryl methyl sites for hydroxylation is 1. The summed E-state index contributed by atoms with van der Waals surface area (Å²) in [6.45, 7) is 3.72. The highest BCUT2D eigenvalue weighted by Gasteiger charge is 2.24. The monoisotopic (exact) mass is 304 g/mol. The number of amides is 1. The summed E-state index contributed by atoms with van der Waals surface area (Å²) in [5.74, 6) is 0.188. The summed E-state index contributed by atoms with van der Waals surface area (Å²) in [6.07, 6.45) is 9.13. The van der Waals surface area contributed by atoms with Crippen LogP contribution in [0.1, 0.15) is 36.5 Å². The maximum atomic E-state index is 12.4. The van der Waals surface area contributed by atoms with Crippen molar-refractivity contribution >= 4 is 17.2 Å². The van der Waals surface area contributed by atoms with Gasteiger partial charge in [0.25, 0.3) is 0 Å². The highest BCUT2D eigenvalue weighted by molar-refractivity contribution is 7.09. The highest BCUT2D eigenvalue weighted by atomic mass is 32.1. The van der Waals surface area contributed by atoms with Crippen LogP contribution in [0.3, 0.4) is 0 Å². The van der Waals surface area contributed by atoms with Gasteiger partial charge in [-0.25, -0.2) is 9.97 Å². The van der Waals surface area contributed by atoms with E-state index in [1.54, 1.807) is 17.5 Å². The van der Waals surface area contributed by atoms with E-state index in [1.807, 2.05) is 22.8 Å². The first kappa shape index (κ1) is 14.3. The predicted molar refractivity (Wildman–Crippen MR) is 82.3 cm³/mol. The SMILES string of the molecule is CCc1nc(CC(=O)N2CCC[C@@H](n3ccnc3)C2)cs1. The van der Waals surface area contributed by atoms with E-state index in [9.17, 15) is 4.79 Å². The molecule has 0 radical (unpaired) electrons. The van der Waals surface area contributed by atoms with Gasteiger partial charge in [0.2, 0.25) is 5.91 Å². The molecule has 1 fully saturated rings. The van der Waals surface area contributed by atoms with E-state index < -0.39 is 0 Å². The summed E-state index contributed by atoms with van der Waals surface area (Å²) < 4.78 is 2.11. The Hall–Kier alpha value is -1.69. The topological polar surface area (TPSA) is 51.0 Å². The van der Waals surface area contributed by atoms with Crippen LogP contribution in [0.4, 0.5) is 0 Å². The minimum atomic E-state index is 0.188. The zero-order chi connectivity index (χ0) is 14.7. The molecule has 0 aromatic carbocycles. The molecule has 5 nitrogen and oxygen atoms in total. The van der Waals surface area contributed by atoms with Gasteiger partial charge >= 0.3 is 0 Å². The van der Waals surface area contributed by atoms with Gasteiger partial charge in [0, 0.05) is 30.9 Å². The van der Waals surface area contributed by atoms with Crippen molar-refractivity contribution in [2.75, 3.05) is 13.1 Å². The standard InChI is InChI=1S/C15H20N4OS/c1-2-14-17-12(10-21-14)8-15(20)18-6-3-4-13(9-18)19-7-5-16-11-19/h5,7,10-11,13H,2-4,6,8-9H2,1H3/t13-/m1/s1. The Balaban J connectivity index is 1.61. The van der Waals surface area contributed by atoms with Crippen molar-refractivity contribution in [3.8, 4) is 0 Å². The second kappa shape index (κ2) is 6.39. The lowest BCUT2D eigenvalue weighted by molar-refractivity contribution is -0.132. The molecule has 0 bridgehead atoms. The van der Waals surface area contributed by atoms with Gasteiger partial charge in [-0.1, -0.05) is 6.92 Å². The fourth-order valence-electron chi connectivity index (χ4n) is 2.77. The van der Waals surface area contributed by atoms with E-state index in [1.165, 1.54) is 0 Å². The fourth-order valence-corrected chi connectivity index (χ4v) is 3.51. The van der Waals surface area contributed by atoms with Crippen LogP contribution in [0, 0.1) is 0 Å². The fraction of sp³-hybridized carbons (Fsp3) is 0.533. The van der Waals surface area contributed by atoms with Crippen LogP contribution in [0.15, 0.2) is 24.1 Å². The molecule has 0 spiro atoms. The number of thiazole rings is 1. The van der Waals surface area contributed by atoms with Crippen LogP contribution in [0.25, 0.3) is 0 Å². The number of nitrogens with zero attached hydrogens (tertiary/aromatic N) is 4. The summed E-state index contributed by atoms with van der Waals surface area (Å²) in [7, 11) is 0. The second-order valence-electron chi connectivity index (χ2n) is 5.41. The lowest BCUT2D eigenvalue weighted by atomic mass is 10.1. The highest BCUT2D eigenvalue weighted by Crippen LogP contribution is 2.22. The Morgan fingerprint density at radius 2 is 2.43 bits per heavy atom. The van der Waals surface area contributed by atoms with E-state index >= 15 is 0 Å². The molecule has 2 aromatic rings. The molecule has 3 heterocycles. The third kappa shape index (κ3) is 3.32. The maximum absolute atomic E-state index is 12.4. The second-order valence-corrected chi connectivity index (χ2v) is 6.35. The van der Waals surface area contributed by atoms with Crippen LogP contribution in [-0.4, -0.2) is 38.4 Å². The molecule has 0 N–H and O–H groups in total. The largest absolute Gasteiger partial charge is 0.340 e. The first-order valence-corrected chi connectivity index (χ1v) is 8.32. The van der Waals surface area contributed by atoms with Gasteiger partial charge in [-0.2, -0.15) is 0 Å². The molecule has 1 amide bonds. The quantitative estimate of drug-likeness (QED) is 0.871. The minimum Gasteiger partial charge on any atom is -0.340 e. The summed E-state index contributed by atoms with van der Waals surface area (Å²) in [5.41, 5.74) is 0.909. The van der Waals surface area contributed by atoms with Gasteiger partial charge in [-0.15, -0.1) is 11.3 Å². The van der Waals surface area contributed by atoms with Crippen molar-refractivity contribution in [1.82, 2.24) is 19.4 Å². The third-order valence-electron chi connectivity index (χ3n) is 3.93. The Morgan fingerprint density at radius 3 is 3.14 bits per heavy atom. The molecule has 6 heteroatoms. The number of rotatable bonds is 4. The average molecular weight is 304 g/mol. The van der Waals surface area contributed by atoms with Crippen molar-refractivity contribution in [2.45, 2.75) is 38.6 Å². The number of likely N-dealkylation sites (tertiary alicyclic amines) is 1. The van der Waals surface area contributed by atoms with E-state index in [-0.39, 0.29) is 5.91 Å². The molecule has 3 rings (SSSR count). The predicted octanol–water partition coefficient (Wildman–Crippen LogP) is 2.31. The molecular weight excluding hydrogens is 284 g/mol. The Labute approximate surface area is 128 Å². The molecule has 0 saturated carbocycles. The summed E-state index contributed by atoms with van der Waals surface area (Å²) in [5, 5.41) is 3.11. The normalized spacial score (nSPS) is 18.9. The molecule has 1 aliphatic rings. The smallest absolute Gasteiger partial charge is 0.228 e. The van der Waals surface area contributed by atoms with Crippen molar-refractivity contribution in [3.05, 3.63) is 34.8 Å². The Morgan fingerprint density at radius 1 is 1.52 bits per heavy atom. The molecule has 21 heavy (non-hydrogen) atoms. The van der Waals surface area contributed by atoms with Crippen LogP contribution in [0.5, 0.6) is 0 Å². The number of hydrogen-bond donors (Lipinski definition) is 0. The van der Waals surface area contributed by atoms with Crippen molar-refractivity contribution in [2.24, 2.45) is 0 Å². The molecule has 2 aromatic heterocycles. The molecular formula is C15H20N4OS. The molecule has 0 aliphatic carbocycles. The van der Waals surface area contributed by atoms with Crippen molar-refractivity contribution in [3.63, 3.8) is 0 Å². The molecule has 0 unspecified atom stereocenters. The van der Waals surface area contributed by atoms with Gasteiger partial charge in [-0.05, 0) is 19.3 Å². The lowest BCUT2D eigenvalue weighted by Crippen LogP contribution is -2.41. The van der Waals surface area contributed by atoms with Crippen LogP contribution in [0.2, 0.25) is 0 Å². The minimum absolute atomic E-state index is 0.188. The molecule has 1 aliphatic heterocycles. The molecule has 112 valence electrons. The van der Waals surface area contributed by atoms with Crippen LogP contribution >= 0.6 is 11.3 Å². The van der Waals surface area contributed by atoms with E-state index in [4.69, 9.17) is 0 Å². The zero-order valence-electron chi connectivity index (χ0n) is 12.2. The van der Waals surface area contributed by atoms with Crippen LogP contribution in [-0.2, 0) is 17.6 Å². The average Bonchev–Trinajstić information content (AvgIpc) is 3.18. The first-order valence-electron chi connectivity index (χ1n) is 7.44. The Bertz CT molecular complexity index is 593. The summed E-state index contributed by atoms with van der Waals surface area (Å²) in [6, 6.07) is 0.354. The number of piperidine rings is 1. The number of hydrogen-bond acceptors (Lipinski definition) is 4. The van der Waals surface area contributed by atoms with Gasteiger partial charge in [0.1, 0.15) is 0 Å². The maximum Gasteiger partial charge on any atom is 0.228 e. The lowest BCUT2D eigenvalue weighted by Gasteiger charge is -2.33. The third-order valence-corrected chi connectivity index (χ3v) is 4.97. The van der Waals surface area contributed by atoms with Gasteiger partial charge < -0.3 is 9.47 Å². The number of carbonyl (C=O) groups excluding carboxylic acids is 1. The first-order chi connectivity index (χ1) is 10.3. The Kier molecular flexibility index (Phi) is 4.34. The van der Waals surface area contributed by atoms with E-state index in [0.29, 0.717) is 12.5 Å². The van der Waals surface area contributed by atoms with Gasteiger partial charge in [-0.3, -0.25) is 4.79 Å². The van der Waals surface area contributed by atoms with E-state index in [0.717, 1.165) is 43.1 Å². The van der Waals surface area contributed by atoms with E-state index in [2.05, 4.69) is 21.5 Å². The summed E-state index contributed by atoms with van der Waals surface area (Å²) in [4.78, 5) is 23.0. The van der Waals surface area contributed by atoms with Crippen molar-refractivity contribution in [1.29, 1.82) is 0 Å².